The first kappa shape index (κ1) is 26.2. The van der Waals surface area contributed by atoms with Gasteiger partial charge in [0.15, 0.2) is 0 Å². The number of carbonyl (C=O) groups is 1. The van der Waals surface area contributed by atoms with Crippen LogP contribution in [0.15, 0.2) is 48.6 Å². The Labute approximate surface area is 175 Å². The number of hydrogen-bond acceptors (Lipinski definition) is 3. The topological polar surface area (TPSA) is 55.8 Å². The predicted molar refractivity (Wildman–Crippen MR) is 117 cm³/mol. The number of halogens is 1. The first-order valence-corrected chi connectivity index (χ1v) is 10.5. The lowest BCUT2D eigenvalue weighted by atomic mass is 10.2. The molecule has 0 bridgehead atoms. The van der Waals surface area contributed by atoms with Gasteiger partial charge in [-0.2, -0.15) is 0 Å². The quantitative estimate of drug-likeness (QED) is 0.364. The van der Waals surface area contributed by atoms with Gasteiger partial charge in [-0.05, 0) is 50.3 Å². The predicted octanol–water partition coefficient (Wildman–Crippen LogP) is 6.69. The van der Waals surface area contributed by atoms with Crippen LogP contribution in [0.3, 0.4) is 0 Å². The molecular formula is C23H35ClO4. The van der Waals surface area contributed by atoms with E-state index in [9.17, 15) is 4.79 Å². The van der Waals surface area contributed by atoms with Gasteiger partial charge in [-0.3, -0.25) is 4.79 Å². The number of aliphatic carboxylic acids is 1. The molecular weight excluding hydrogens is 376 g/mol. The van der Waals surface area contributed by atoms with E-state index in [0.717, 1.165) is 31.6 Å². The maximum absolute atomic E-state index is 9.93. The van der Waals surface area contributed by atoms with Crippen LogP contribution in [0.25, 0.3) is 0 Å². The smallest absolute Gasteiger partial charge is 0.303 e. The van der Waals surface area contributed by atoms with Crippen LogP contribution in [0.1, 0.15) is 59.3 Å². The zero-order valence-corrected chi connectivity index (χ0v) is 18.2. The molecule has 1 fully saturated rings. The molecule has 1 unspecified atom stereocenters. The van der Waals surface area contributed by atoms with Gasteiger partial charge in [0.05, 0.1) is 12.7 Å². The summed E-state index contributed by atoms with van der Waals surface area (Å²) in [6, 6.07) is 7.46. The van der Waals surface area contributed by atoms with Crippen molar-refractivity contribution in [2.24, 2.45) is 0 Å². The fraction of sp³-hybridized carbons (Fsp3) is 0.522. The van der Waals surface area contributed by atoms with Crippen molar-refractivity contribution in [3.63, 3.8) is 0 Å². The Morgan fingerprint density at radius 2 is 2.07 bits per heavy atom. The molecule has 0 spiro atoms. The van der Waals surface area contributed by atoms with Crippen LogP contribution in [0.2, 0.25) is 5.02 Å². The first-order chi connectivity index (χ1) is 13.6. The number of allylic oxidation sites excluding steroid dienone is 2. The van der Waals surface area contributed by atoms with E-state index in [1.54, 1.807) is 0 Å². The van der Waals surface area contributed by atoms with Crippen LogP contribution in [0, 0.1) is 0 Å². The molecule has 158 valence electrons. The maximum atomic E-state index is 9.93. The number of hydrogen-bond donors (Lipinski definition) is 1. The van der Waals surface area contributed by atoms with Crippen LogP contribution < -0.4 is 4.74 Å². The molecule has 1 aliphatic heterocycles. The second-order valence-corrected chi connectivity index (χ2v) is 6.32. The van der Waals surface area contributed by atoms with Crippen LogP contribution in [-0.4, -0.2) is 30.4 Å². The van der Waals surface area contributed by atoms with E-state index >= 15 is 0 Å². The number of carboxylic acids is 1. The molecule has 1 aliphatic rings. The fourth-order valence-electron chi connectivity index (χ4n) is 2.30. The van der Waals surface area contributed by atoms with Gasteiger partial charge in [-0.25, -0.2) is 0 Å². The minimum absolute atomic E-state index is 0.247. The number of benzene rings is 1. The largest absolute Gasteiger partial charge is 0.493 e. The van der Waals surface area contributed by atoms with Crippen molar-refractivity contribution in [2.45, 2.75) is 65.4 Å². The highest BCUT2D eigenvalue weighted by atomic mass is 35.5. The summed E-state index contributed by atoms with van der Waals surface area (Å²) in [6.45, 7) is 7.59. The van der Waals surface area contributed by atoms with Crippen molar-refractivity contribution < 1.29 is 19.4 Å². The summed E-state index contributed by atoms with van der Waals surface area (Å²) in [4.78, 5) is 9.93. The summed E-state index contributed by atoms with van der Waals surface area (Å²) < 4.78 is 11.1. The van der Waals surface area contributed by atoms with Crippen LogP contribution in [-0.2, 0) is 9.53 Å². The summed E-state index contributed by atoms with van der Waals surface area (Å²) in [5.74, 6) is 0.0961. The van der Waals surface area contributed by atoms with Crippen LogP contribution >= 0.6 is 11.6 Å². The minimum atomic E-state index is -0.726. The zero-order valence-electron chi connectivity index (χ0n) is 17.4. The van der Waals surface area contributed by atoms with E-state index in [-0.39, 0.29) is 6.42 Å². The second-order valence-electron chi connectivity index (χ2n) is 5.89. The van der Waals surface area contributed by atoms with Gasteiger partial charge in [0, 0.05) is 18.1 Å². The third-order valence-corrected chi connectivity index (χ3v) is 3.83. The van der Waals surface area contributed by atoms with E-state index in [0.29, 0.717) is 24.2 Å². The third-order valence-electron chi connectivity index (χ3n) is 3.59. The molecule has 1 saturated heterocycles. The van der Waals surface area contributed by atoms with Crippen LogP contribution in [0.5, 0.6) is 5.75 Å². The Morgan fingerprint density at radius 3 is 2.68 bits per heavy atom. The number of rotatable bonds is 9. The molecule has 1 aromatic carbocycles. The first-order valence-electron chi connectivity index (χ1n) is 10.1. The third kappa shape index (κ3) is 15.3. The second kappa shape index (κ2) is 18.6. The fourth-order valence-corrected chi connectivity index (χ4v) is 2.48. The van der Waals surface area contributed by atoms with E-state index in [4.69, 9.17) is 26.2 Å². The van der Waals surface area contributed by atoms with E-state index in [2.05, 4.69) is 12.2 Å². The summed E-state index contributed by atoms with van der Waals surface area (Å²) in [5, 5.41) is 8.88. The van der Waals surface area contributed by atoms with Gasteiger partial charge in [-0.1, -0.05) is 62.7 Å². The van der Waals surface area contributed by atoms with E-state index in [1.165, 1.54) is 6.42 Å². The molecule has 0 amide bonds. The van der Waals surface area contributed by atoms with Crippen molar-refractivity contribution in [1.82, 2.24) is 0 Å². The highest BCUT2D eigenvalue weighted by Gasteiger charge is 2.10. The van der Waals surface area contributed by atoms with Gasteiger partial charge in [0.1, 0.15) is 5.75 Å². The van der Waals surface area contributed by atoms with Crippen molar-refractivity contribution in [3.05, 3.63) is 53.6 Å². The molecule has 0 aliphatic carbocycles. The highest BCUT2D eigenvalue weighted by molar-refractivity contribution is 6.30. The summed E-state index contributed by atoms with van der Waals surface area (Å²) in [5.41, 5.74) is 0. The van der Waals surface area contributed by atoms with Gasteiger partial charge in [0.2, 0.25) is 0 Å². The molecule has 1 atom stereocenters. The summed E-state index contributed by atoms with van der Waals surface area (Å²) in [7, 11) is 0. The Hall–Kier alpha value is -1.78. The molecule has 0 aromatic heterocycles. The Kier molecular flexibility index (Phi) is 17.4. The Morgan fingerprint density at radius 1 is 1.29 bits per heavy atom. The highest BCUT2D eigenvalue weighted by Crippen LogP contribution is 2.17. The van der Waals surface area contributed by atoms with Crippen molar-refractivity contribution in [2.75, 3.05) is 13.2 Å². The maximum Gasteiger partial charge on any atom is 0.303 e. The lowest BCUT2D eigenvalue weighted by Crippen LogP contribution is -2.00. The number of carboxylic acid groups (broad SMARTS) is 1. The minimum Gasteiger partial charge on any atom is -0.493 e. The average Bonchev–Trinajstić information content (AvgIpc) is 3.21. The molecule has 2 rings (SSSR count). The standard InChI is InChI=1S/C14H17ClO2.C7H12O2.C2H6/c15-12-5-3-7-14(11-12)17-9-2-1-6-13-8-4-10-16-13;1-2-3-4-5-6-7(8)9;1-2/h1,3,5-7,11,13H,2,4,8-10H2;3-4H,2,5-6H2,1H3,(H,8,9);1-2H3/b6-1+;4-3-;. The normalized spacial score (nSPS) is 15.6. The van der Waals surface area contributed by atoms with Crippen LogP contribution in [0.4, 0.5) is 0 Å². The molecule has 1 N–H and O–H groups in total. The average molecular weight is 411 g/mol. The van der Waals surface area contributed by atoms with Crippen molar-refractivity contribution in [1.29, 1.82) is 0 Å². The van der Waals surface area contributed by atoms with E-state index in [1.807, 2.05) is 57.2 Å². The lowest BCUT2D eigenvalue weighted by Gasteiger charge is -2.05. The SMILES string of the molecule is CC.CC/C=C\CCC(=O)O.Clc1cccc(OCC/C=C/C2CCCO2)c1. The molecule has 0 radical (unpaired) electrons. The summed E-state index contributed by atoms with van der Waals surface area (Å²) in [6.07, 6.45) is 13.6. The van der Waals surface area contributed by atoms with E-state index < -0.39 is 5.97 Å². The molecule has 28 heavy (non-hydrogen) atoms. The lowest BCUT2D eigenvalue weighted by molar-refractivity contribution is -0.136. The van der Waals surface area contributed by atoms with Crippen molar-refractivity contribution >= 4 is 17.6 Å². The van der Waals surface area contributed by atoms with Gasteiger partial charge in [0.25, 0.3) is 0 Å². The van der Waals surface area contributed by atoms with Crippen molar-refractivity contribution in [3.8, 4) is 5.75 Å². The molecule has 5 heteroatoms. The molecule has 1 heterocycles. The van der Waals surface area contributed by atoms with Gasteiger partial charge >= 0.3 is 5.97 Å². The number of ether oxygens (including phenoxy) is 2. The molecule has 1 aromatic rings. The van der Waals surface area contributed by atoms with Gasteiger partial charge < -0.3 is 14.6 Å². The molecule has 4 nitrogen and oxygen atoms in total. The van der Waals surface area contributed by atoms with Gasteiger partial charge in [-0.15, -0.1) is 0 Å². The Balaban J connectivity index is 0.000000566. The zero-order chi connectivity index (χ0) is 21.0. The Bertz CT molecular complexity index is 563. The monoisotopic (exact) mass is 410 g/mol. The molecule has 0 saturated carbocycles. The summed E-state index contributed by atoms with van der Waals surface area (Å²) >= 11 is 5.86.